The molecular formula is C15H31N3O. The quantitative estimate of drug-likeness (QED) is 0.779. The summed E-state index contributed by atoms with van der Waals surface area (Å²) in [6.45, 7) is 8.62. The molecule has 0 aromatic carbocycles. The highest BCUT2D eigenvalue weighted by atomic mass is 16.2. The fourth-order valence-corrected chi connectivity index (χ4v) is 2.99. The second-order valence-electron chi connectivity index (χ2n) is 5.99. The molecule has 0 aromatic heterocycles. The molecular weight excluding hydrogens is 238 g/mol. The van der Waals surface area contributed by atoms with Gasteiger partial charge in [0, 0.05) is 19.6 Å². The number of urea groups is 1. The van der Waals surface area contributed by atoms with Gasteiger partial charge in [0.1, 0.15) is 0 Å². The van der Waals surface area contributed by atoms with Crippen molar-refractivity contribution in [3.63, 3.8) is 0 Å². The second-order valence-corrected chi connectivity index (χ2v) is 5.99. The number of hydrogen-bond acceptors (Lipinski definition) is 2. The highest BCUT2D eigenvalue weighted by Crippen LogP contribution is 2.36. The van der Waals surface area contributed by atoms with Crippen LogP contribution in [0.3, 0.4) is 0 Å². The van der Waals surface area contributed by atoms with Gasteiger partial charge in [-0.1, -0.05) is 20.8 Å². The third kappa shape index (κ3) is 4.10. The van der Waals surface area contributed by atoms with E-state index in [1.807, 2.05) is 4.90 Å². The minimum atomic E-state index is -0.111. The molecule has 0 aromatic rings. The molecule has 0 bridgehead atoms. The van der Waals surface area contributed by atoms with E-state index in [0.29, 0.717) is 6.54 Å². The molecule has 112 valence electrons. The van der Waals surface area contributed by atoms with E-state index in [0.717, 1.165) is 44.7 Å². The van der Waals surface area contributed by atoms with Crippen molar-refractivity contribution in [3.05, 3.63) is 0 Å². The summed E-state index contributed by atoms with van der Waals surface area (Å²) in [7, 11) is 0. The molecule has 4 heteroatoms. The van der Waals surface area contributed by atoms with Gasteiger partial charge < -0.3 is 16.0 Å². The topological polar surface area (TPSA) is 58.4 Å². The van der Waals surface area contributed by atoms with Gasteiger partial charge in [-0.15, -0.1) is 0 Å². The van der Waals surface area contributed by atoms with E-state index in [4.69, 9.17) is 5.73 Å². The predicted molar refractivity (Wildman–Crippen MR) is 80.1 cm³/mol. The molecule has 4 nitrogen and oxygen atoms in total. The first-order valence-corrected chi connectivity index (χ1v) is 7.85. The summed E-state index contributed by atoms with van der Waals surface area (Å²) in [6.07, 6.45) is 6.40. The van der Waals surface area contributed by atoms with Crippen LogP contribution in [0.2, 0.25) is 0 Å². The molecule has 1 rings (SSSR count). The molecule has 0 atom stereocenters. The Hall–Kier alpha value is -0.770. The van der Waals surface area contributed by atoms with Gasteiger partial charge >= 0.3 is 6.03 Å². The molecule has 3 N–H and O–H groups in total. The molecule has 1 aliphatic carbocycles. The van der Waals surface area contributed by atoms with Crippen LogP contribution in [-0.2, 0) is 0 Å². The second kappa shape index (κ2) is 7.73. The minimum Gasteiger partial charge on any atom is -0.338 e. The number of rotatable bonds is 6. The Morgan fingerprint density at radius 3 is 2.42 bits per heavy atom. The Balaban J connectivity index is 2.78. The standard InChI is InChI=1S/C15H31N3O/c1-4-10-17-14(19)18(11-5-2)15(12-16)8-6-13(3)7-9-15/h13H,4-12,16H2,1-3H3,(H,17,19). The normalized spacial score (nSPS) is 27.1. The highest BCUT2D eigenvalue weighted by molar-refractivity contribution is 5.75. The highest BCUT2D eigenvalue weighted by Gasteiger charge is 2.40. The van der Waals surface area contributed by atoms with E-state index >= 15 is 0 Å². The average Bonchev–Trinajstić information content (AvgIpc) is 2.44. The SMILES string of the molecule is CCCNC(=O)N(CCC)C1(CN)CCC(C)CC1. The zero-order valence-corrected chi connectivity index (χ0v) is 12.9. The third-order valence-corrected chi connectivity index (χ3v) is 4.38. The zero-order valence-electron chi connectivity index (χ0n) is 12.9. The van der Waals surface area contributed by atoms with Gasteiger partial charge in [-0.25, -0.2) is 4.79 Å². The number of nitrogens with two attached hydrogens (primary N) is 1. The van der Waals surface area contributed by atoms with Crippen LogP contribution in [0.5, 0.6) is 0 Å². The number of carbonyl (C=O) groups excluding carboxylic acids is 1. The van der Waals surface area contributed by atoms with E-state index in [1.165, 1.54) is 12.8 Å². The lowest BCUT2D eigenvalue weighted by atomic mass is 9.76. The summed E-state index contributed by atoms with van der Waals surface area (Å²) < 4.78 is 0. The molecule has 2 amide bonds. The Morgan fingerprint density at radius 1 is 1.32 bits per heavy atom. The summed E-state index contributed by atoms with van der Waals surface area (Å²) in [4.78, 5) is 14.4. The van der Waals surface area contributed by atoms with E-state index < -0.39 is 0 Å². The lowest BCUT2D eigenvalue weighted by Gasteiger charge is -2.47. The van der Waals surface area contributed by atoms with Crippen LogP contribution in [0, 0.1) is 5.92 Å². The van der Waals surface area contributed by atoms with Crippen LogP contribution in [0.25, 0.3) is 0 Å². The molecule has 0 unspecified atom stereocenters. The fourth-order valence-electron chi connectivity index (χ4n) is 2.99. The smallest absolute Gasteiger partial charge is 0.317 e. The van der Waals surface area contributed by atoms with Crippen LogP contribution in [0.4, 0.5) is 4.79 Å². The van der Waals surface area contributed by atoms with Gasteiger partial charge in [-0.05, 0) is 44.4 Å². The average molecular weight is 269 g/mol. The third-order valence-electron chi connectivity index (χ3n) is 4.38. The Morgan fingerprint density at radius 2 is 1.95 bits per heavy atom. The lowest BCUT2D eigenvalue weighted by Crippen LogP contribution is -2.60. The number of nitrogens with zero attached hydrogens (tertiary/aromatic N) is 1. The summed E-state index contributed by atoms with van der Waals surface area (Å²) in [6, 6.07) is 0.0729. The number of nitrogens with one attached hydrogen (secondary N) is 1. The zero-order chi connectivity index (χ0) is 14.3. The molecule has 1 fully saturated rings. The fraction of sp³-hybridized carbons (Fsp3) is 0.933. The van der Waals surface area contributed by atoms with E-state index in [1.54, 1.807) is 0 Å². The Bertz CT molecular complexity index is 273. The van der Waals surface area contributed by atoms with Gasteiger partial charge in [0.2, 0.25) is 0 Å². The van der Waals surface area contributed by atoms with Crippen LogP contribution < -0.4 is 11.1 Å². The van der Waals surface area contributed by atoms with E-state index in [-0.39, 0.29) is 11.6 Å². The van der Waals surface area contributed by atoms with Crippen LogP contribution in [-0.4, -0.2) is 36.1 Å². The maximum atomic E-state index is 12.4. The van der Waals surface area contributed by atoms with E-state index in [9.17, 15) is 4.79 Å². The minimum absolute atomic E-state index is 0.0729. The first-order chi connectivity index (χ1) is 9.09. The van der Waals surface area contributed by atoms with Crippen molar-refractivity contribution in [3.8, 4) is 0 Å². The van der Waals surface area contributed by atoms with Crippen molar-refractivity contribution in [2.24, 2.45) is 11.7 Å². The maximum Gasteiger partial charge on any atom is 0.317 e. The predicted octanol–water partition coefficient (Wildman–Crippen LogP) is 2.73. The van der Waals surface area contributed by atoms with E-state index in [2.05, 4.69) is 26.1 Å². The van der Waals surface area contributed by atoms with Crippen molar-refractivity contribution < 1.29 is 4.79 Å². The summed E-state index contributed by atoms with van der Waals surface area (Å²) in [5.74, 6) is 0.766. The van der Waals surface area contributed by atoms with Crippen molar-refractivity contribution in [2.75, 3.05) is 19.6 Å². The largest absolute Gasteiger partial charge is 0.338 e. The van der Waals surface area contributed by atoms with Gasteiger partial charge in [-0.3, -0.25) is 0 Å². The number of amides is 2. The summed E-state index contributed by atoms with van der Waals surface area (Å²) >= 11 is 0. The monoisotopic (exact) mass is 269 g/mol. The van der Waals surface area contributed by atoms with Crippen molar-refractivity contribution in [1.82, 2.24) is 10.2 Å². The number of carbonyl (C=O) groups is 1. The van der Waals surface area contributed by atoms with Crippen LogP contribution in [0.1, 0.15) is 59.3 Å². The van der Waals surface area contributed by atoms with Crippen molar-refractivity contribution in [1.29, 1.82) is 0 Å². The number of hydrogen-bond donors (Lipinski definition) is 2. The van der Waals surface area contributed by atoms with Gasteiger partial charge in [-0.2, -0.15) is 0 Å². The molecule has 1 aliphatic rings. The van der Waals surface area contributed by atoms with Gasteiger partial charge in [0.25, 0.3) is 0 Å². The van der Waals surface area contributed by atoms with Crippen molar-refractivity contribution >= 4 is 6.03 Å². The van der Waals surface area contributed by atoms with Gasteiger partial charge in [0.05, 0.1) is 5.54 Å². The summed E-state index contributed by atoms with van der Waals surface area (Å²) in [5, 5.41) is 3.02. The Labute approximate surface area is 118 Å². The Kier molecular flexibility index (Phi) is 6.63. The maximum absolute atomic E-state index is 12.4. The molecule has 0 spiro atoms. The van der Waals surface area contributed by atoms with Gasteiger partial charge in [0.15, 0.2) is 0 Å². The summed E-state index contributed by atoms with van der Waals surface area (Å²) in [5.41, 5.74) is 5.95. The van der Waals surface area contributed by atoms with Crippen molar-refractivity contribution in [2.45, 2.75) is 64.8 Å². The molecule has 0 heterocycles. The molecule has 0 radical (unpaired) electrons. The first-order valence-electron chi connectivity index (χ1n) is 7.85. The lowest BCUT2D eigenvalue weighted by molar-refractivity contribution is 0.0711. The molecule has 0 aliphatic heterocycles. The molecule has 1 saturated carbocycles. The molecule has 0 saturated heterocycles. The molecule has 19 heavy (non-hydrogen) atoms. The first kappa shape index (κ1) is 16.3. The van der Waals surface area contributed by atoms with Crippen LogP contribution >= 0.6 is 0 Å². The van der Waals surface area contributed by atoms with Crippen LogP contribution in [0.15, 0.2) is 0 Å².